The lowest BCUT2D eigenvalue weighted by Crippen LogP contribution is -2.43. The molecule has 6 heteroatoms. The summed E-state index contributed by atoms with van der Waals surface area (Å²) in [5.74, 6) is 0.936. The molecule has 3 nitrogen and oxygen atoms in total. The molecule has 0 saturated heterocycles. The van der Waals surface area contributed by atoms with Gasteiger partial charge in [-0.25, -0.2) is 0 Å². The predicted octanol–water partition coefficient (Wildman–Crippen LogP) is 2.83. The fraction of sp³-hybridized carbons (Fsp3) is 0.583. The molecule has 1 aromatic rings. The zero-order valence-corrected chi connectivity index (χ0v) is 13.1. The van der Waals surface area contributed by atoms with E-state index in [0.29, 0.717) is 13.1 Å². The number of halogens is 1. The van der Waals surface area contributed by atoms with Crippen molar-refractivity contribution in [3.8, 4) is 0 Å². The van der Waals surface area contributed by atoms with Gasteiger partial charge in [0.15, 0.2) is 0 Å². The van der Waals surface area contributed by atoms with E-state index in [2.05, 4.69) is 0 Å². The highest BCUT2D eigenvalue weighted by atomic mass is 35.5. The molecule has 2 N–H and O–H groups in total. The van der Waals surface area contributed by atoms with Gasteiger partial charge in [0.1, 0.15) is 0 Å². The molecule has 0 aliphatic heterocycles. The summed E-state index contributed by atoms with van der Waals surface area (Å²) in [5, 5.41) is 0. The Balaban J connectivity index is 2.57. The lowest BCUT2D eigenvalue weighted by molar-refractivity contribution is -0.133. The molecule has 0 fully saturated rings. The standard InChI is InChI=1S/C12H19ClN2OS2/c1-3-15(8-9-4-5-11(13)18-9)12(16)10(14)6-7-17-2/h4-5,10H,3,6-8,14H2,1-2H3/t10-/m1/s1. The van der Waals surface area contributed by atoms with Gasteiger partial charge in [0, 0.05) is 11.4 Å². The van der Waals surface area contributed by atoms with E-state index in [1.54, 1.807) is 16.7 Å². The van der Waals surface area contributed by atoms with Gasteiger partial charge in [-0.05, 0) is 37.5 Å². The molecular weight excluding hydrogens is 288 g/mol. The molecule has 0 saturated carbocycles. The summed E-state index contributed by atoms with van der Waals surface area (Å²) in [6, 6.07) is 3.41. The first-order chi connectivity index (χ1) is 8.58. The number of carbonyl (C=O) groups excluding carboxylic acids is 1. The van der Waals surface area contributed by atoms with Crippen molar-refractivity contribution in [3.63, 3.8) is 0 Å². The lowest BCUT2D eigenvalue weighted by Gasteiger charge is -2.23. The lowest BCUT2D eigenvalue weighted by atomic mass is 10.2. The molecule has 1 amide bonds. The van der Waals surface area contributed by atoms with Crippen LogP contribution >= 0.6 is 34.7 Å². The highest BCUT2D eigenvalue weighted by Gasteiger charge is 2.20. The molecule has 0 spiro atoms. The van der Waals surface area contributed by atoms with Crippen molar-refractivity contribution in [2.24, 2.45) is 5.73 Å². The van der Waals surface area contributed by atoms with Gasteiger partial charge in [0.2, 0.25) is 5.91 Å². The Bertz CT molecular complexity index is 384. The molecule has 0 aromatic carbocycles. The minimum absolute atomic E-state index is 0.0241. The van der Waals surface area contributed by atoms with Gasteiger partial charge in [-0.15, -0.1) is 11.3 Å². The van der Waals surface area contributed by atoms with Crippen LogP contribution < -0.4 is 5.73 Å². The maximum atomic E-state index is 12.2. The van der Waals surface area contributed by atoms with E-state index in [4.69, 9.17) is 17.3 Å². The number of carbonyl (C=O) groups is 1. The number of hydrogen-bond acceptors (Lipinski definition) is 4. The Labute approximate surface area is 122 Å². The average molecular weight is 307 g/mol. The van der Waals surface area contributed by atoms with Crippen LogP contribution in [0.3, 0.4) is 0 Å². The molecule has 0 aliphatic rings. The normalized spacial score (nSPS) is 12.4. The predicted molar refractivity (Wildman–Crippen MR) is 81.4 cm³/mol. The van der Waals surface area contributed by atoms with Crippen molar-refractivity contribution in [1.29, 1.82) is 0 Å². The number of likely N-dealkylation sites (N-methyl/N-ethyl adjacent to an activating group) is 1. The first kappa shape index (κ1) is 15.8. The Morgan fingerprint density at radius 1 is 1.61 bits per heavy atom. The summed E-state index contributed by atoms with van der Waals surface area (Å²) in [6.07, 6.45) is 2.74. The Morgan fingerprint density at radius 3 is 2.83 bits per heavy atom. The highest BCUT2D eigenvalue weighted by Crippen LogP contribution is 2.22. The van der Waals surface area contributed by atoms with Crippen molar-refractivity contribution < 1.29 is 4.79 Å². The number of thiophene rings is 1. The SMILES string of the molecule is CCN(Cc1ccc(Cl)s1)C(=O)[C@H](N)CCSC. The highest BCUT2D eigenvalue weighted by molar-refractivity contribution is 7.98. The number of hydrogen-bond donors (Lipinski definition) is 1. The van der Waals surface area contributed by atoms with E-state index < -0.39 is 6.04 Å². The quantitative estimate of drug-likeness (QED) is 0.842. The topological polar surface area (TPSA) is 46.3 Å². The molecule has 0 aliphatic carbocycles. The van der Waals surface area contributed by atoms with Crippen molar-refractivity contribution in [2.45, 2.75) is 25.9 Å². The van der Waals surface area contributed by atoms with Gasteiger partial charge in [-0.2, -0.15) is 11.8 Å². The monoisotopic (exact) mass is 306 g/mol. The van der Waals surface area contributed by atoms with Crippen LogP contribution in [0.4, 0.5) is 0 Å². The molecule has 102 valence electrons. The zero-order valence-electron chi connectivity index (χ0n) is 10.7. The smallest absolute Gasteiger partial charge is 0.239 e. The zero-order chi connectivity index (χ0) is 13.5. The molecule has 1 heterocycles. The largest absolute Gasteiger partial charge is 0.336 e. The molecular formula is C12H19ClN2OS2. The number of nitrogens with two attached hydrogens (primary N) is 1. The van der Waals surface area contributed by atoms with Crippen molar-refractivity contribution in [3.05, 3.63) is 21.3 Å². The number of nitrogens with zero attached hydrogens (tertiary/aromatic N) is 1. The van der Waals surface area contributed by atoms with Gasteiger partial charge in [-0.3, -0.25) is 4.79 Å². The Morgan fingerprint density at radius 2 is 2.33 bits per heavy atom. The van der Waals surface area contributed by atoms with Crippen molar-refractivity contribution in [2.75, 3.05) is 18.6 Å². The van der Waals surface area contributed by atoms with E-state index in [1.807, 2.05) is 25.3 Å². The first-order valence-electron chi connectivity index (χ1n) is 5.86. The second-order valence-corrected chi connectivity index (χ2v) is 6.73. The summed E-state index contributed by atoms with van der Waals surface area (Å²) < 4.78 is 0.750. The summed E-state index contributed by atoms with van der Waals surface area (Å²) in [5.41, 5.74) is 5.91. The molecule has 1 aromatic heterocycles. The molecule has 18 heavy (non-hydrogen) atoms. The molecule has 0 unspecified atom stereocenters. The van der Waals surface area contributed by atoms with Crippen LogP contribution in [0.25, 0.3) is 0 Å². The first-order valence-corrected chi connectivity index (χ1v) is 8.44. The van der Waals surface area contributed by atoms with Crippen LogP contribution in [-0.2, 0) is 11.3 Å². The summed E-state index contributed by atoms with van der Waals surface area (Å²) in [6.45, 7) is 3.23. The van der Waals surface area contributed by atoms with Gasteiger partial charge in [0.25, 0.3) is 0 Å². The Hall–Kier alpha value is -0.230. The van der Waals surface area contributed by atoms with Crippen LogP contribution in [0.2, 0.25) is 4.34 Å². The van der Waals surface area contributed by atoms with Crippen molar-refractivity contribution in [1.82, 2.24) is 4.90 Å². The number of rotatable bonds is 7. The van der Waals surface area contributed by atoms with Crippen molar-refractivity contribution >= 4 is 40.6 Å². The van der Waals surface area contributed by atoms with Crippen LogP contribution in [-0.4, -0.2) is 35.4 Å². The fourth-order valence-electron chi connectivity index (χ4n) is 1.57. The maximum Gasteiger partial charge on any atom is 0.239 e. The third kappa shape index (κ3) is 4.80. The van der Waals surface area contributed by atoms with Crippen LogP contribution in [0.5, 0.6) is 0 Å². The van der Waals surface area contributed by atoms with Crippen LogP contribution in [0, 0.1) is 0 Å². The second kappa shape index (κ2) is 8.04. The molecule has 1 rings (SSSR count). The second-order valence-electron chi connectivity index (χ2n) is 3.95. The van der Waals surface area contributed by atoms with Crippen LogP contribution in [0.15, 0.2) is 12.1 Å². The fourth-order valence-corrected chi connectivity index (χ4v) is 3.17. The van der Waals surface area contributed by atoms with E-state index in [9.17, 15) is 4.79 Å². The summed E-state index contributed by atoms with van der Waals surface area (Å²) >= 11 is 9.10. The average Bonchev–Trinajstić information content (AvgIpc) is 2.77. The van der Waals surface area contributed by atoms with E-state index in [0.717, 1.165) is 21.4 Å². The van der Waals surface area contributed by atoms with Gasteiger partial charge in [-0.1, -0.05) is 11.6 Å². The number of amides is 1. The third-order valence-corrected chi connectivity index (χ3v) is 4.48. The Kier molecular flexibility index (Phi) is 7.07. The van der Waals surface area contributed by atoms with Gasteiger partial charge in [0.05, 0.1) is 16.9 Å². The molecule has 0 radical (unpaired) electrons. The van der Waals surface area contributed by atoms with E-state index >= 15 is 0 Å². The van der Waals surface area contributed by atoms with Gasteiger partial charge >= 0.3 is 0 Å². The van der Waals surface area contributed by atoms with E-state index in [1.165, 1.54) is 11.3 Å². The maximum absolute atomic E-state index is 12.2. The van der Waals surface area contributed by atoms with Crippen LogP contribution in [0.1, 0.15) is 18.2 Å². The summed E-state index contributed by atoms with van der Waals surface area (Å²) in [4.78, 5) is 15.0. The van der Waals surface area contributed by atoms with Gasteiger partial charge < -0.3 is 10.6 Å². The number of thioether (sulfide) groups is 1. The summed E-state index contributed by atoms with van der Waals surface area (Å²) in [7, 11) is 0. The minimum atomic E-state index is -0.396. The molecule has 1 atom stereocenters. The van der Waals surface area contributed by atoms with E-state index in [-0.39, 0.29) is 5.91 Å². The minimum Gasteiger partial charge on any atom is -0.336 e. The third-order valence-electron chi connectivity index (χ3n) is 2.62. The molecule has 0 bridgehead atoms.